The second kappa shape index (κ2) is 42.8. The van der Waals surface area contributed by atoms with Crippen LogP contribution in [0.4, 0.5) is 15.4 Å². The van der Waals surface area contributed by atoms with Crippen LogP contribution in [0.3, 0.4) is 0 Å². The number of fused-ring (bicyclic) bond motifs is 9. The van der Waals surface area contributed by atoms with Crippen molar-refractivity contribution in [2.45, 2.75) is 162 Å². The zero-order valence-electron chi connectivity index (χ0n) is 77.5. The topological polar surface area (TPSA) is 356 Å². The quantitative estimate of drug-likeness (QED) is 0.0470. The maximum Gasteiger partial charge on any atom is 0.337 e. The molecular weight excluding hydrogens is 2130 g/mol. The summed E-state index contributed by atoms with van der Waals surface area (Å²) in [6.45, 7) is 9.59. The number of nitrogens with two attached hydrogens (primary N) is 1. The smallest absolute Gasteiger partial charge is 0.337 e. The number of nitrogens with zero attached hydrogens (tertiary/aromatic N) is 9. The molecule has 3 N–H and O–H groups in total. The molecule has 7 aliphatic heterocycles. The van der Waals surface area contributed by atoms with Crippen LogP contribution in [0.25, 0.3) is 73.6 Å². The Hall–Kier alpha value is -9.00. The number of anilines is 3. The first-order valence-electron chi connectivity index (χ1n) is 47.3. The van der Waals surface area contributed by atoms with E-state index in [-0.39, 0.29) is 53.8 Å². The van der Waals surface area contributed by atoms with E-state index in [1.54, 1.807) is 40.9 Å². The third-order valence-corrected chi connectivity index (χ3v) is 35.7. The summed E-state index contributed by atoms with van der Waals surface area (Å²) in [6, 6.07) is 30.1. The van der Waals surface area contributed by atoms with Crippen LogP contribution < -0.4 is 15.5 Å². The van der Waals surface area contributed by atoms with E-state index in [9.17, 15) is 29.1 Å². The summed E-state index contributed by atoms with van der Waals surface area (Å²) >= 11 is 40.7. The van der Waals surface area contributed by atoms with Crippen molar-refractivity contribution in [1.29, 1.82) is 0 Å². The average Bonchev–Trinajstić information content (AvgIpc) is 1.59. The van der Waals surface area contributed by atoms with E-state index in [1.807, 2.05) is 78.9 Å². The van der Waals surface area contributed by atoms with E-state index in [1.165, 1.54) is 62.4 Å². The number of esters is 4. The fourth-order valence-electron chi connectivity index (χ4n) is 21.2. The number of ether oxygens (including phenoxy) is 11. The Bertz CT molecular complexity index is 6850. The van der Waals surface area contributed by atoms with Crippen molar-refractivity contribution in [3.05, 3.63) is 203 Å². The minimum Gasteiger partial charge on any atom is -0.478 e. The normalized spacial score (nSPS) is 22.6. The van der Waals surface area contributed by atoms with Gasteiger partial charge in [0.2, 0.25) is 0 Å². The number of aromatic carboxylic acids is 1. The maximum absolute atomic E-state index is 12.5. The van der Waals surface area contributed by atoms with Crippen molar-refractivity contribution in [3.63, 3.8) is 0 Å². The number of nitrogen functional groups attached to an aromatic ring is 1. The van der Waals surface area contributed by atoms with Crippen LogP contribution in [-0.4, -0.2) is 202 Å². The SMILES string of the molecule is COC(=O)c1cc(C2CCOC2)c2nc(N)sc2c1.COC(=O)c1cc([C@@H]2CCOC2)c2nc(Br)sc2c1.COC(=O)c1cc([C@H]2CCOC2)c2nc(Br)sc2c1.COC(=O)c1cc([C@H]2CCOC2)c2nc(N3C[C@@H]4C[C@H]3C[C@H]4OCc3c(-c4c(Cl)cccc4Cl)noc3C3CC3)sc2c1.O=C(O)c1cc([C@@H]2CCOC2)c2nc(N3C[C@@H]4C[C@H]3C[C@H]4OCc3c(-c4c(Cl)cccc4Cl)noc3C3CC3)sc2c1. The molecule has 14 aromatic rings. The number of piperidine rings is 2. The lowest BCUT2D eigenvalue weighted by Crippen LogP contribution is -2.38. The minimum absolute atomic E-state index is 0.127. The van der Waals surface area contributed by atoms with Gasteiger partial charge in [-0.15, -0.1) is 22.7 Å². The standard InChI is InChI=1S/C32H31Cl2N3O5S.C31H29Cl2N3O5S.2C13H12BrNO3S.C13H14N2O3S/c1-39-31(38)18-10-21(17-7-8-40-14-17)28-26(11-18)43-32(35-28)37-13-19-9-20(37)12-25(19)41-15-22-29(36-42-30(22)16-5-6-16)27-23(33)3-2-4-24(27)34;32-22-2-1-3-23(33)26(22)28-21(29(41-35-28)15-4-5-15)14-40-24-11-19-8-18(24)12-36(19)31-34-27-20(16-6-7-39-13-16)9-17(30(37)38)10-25(27)42-31;3*1-17-12(16)8-4-9(7-2-3-18-6-7)11-10(5-8)19-13(14)15-11/h2-4,10-11,16-17,19-20,25H,5-9,12-15H2,1H3;1-3,9-10,15-16,18-19,24H,4-8,11-14H2,(H,37,38);2*4-5,7H,2-3,6H2,1H3;4-5,7H,2-3,6H2,1H3,(H2,14,15)/t17-,19-,20-,25+;16-,18+,19+,24-;2*7-;/m0110./s1. The Morgan fingerprint density at radius 1 is 0.408 bits per heavy atom. The molecule has 4 bridgehead atoms. The number of hydrogen-bond acceptors (Lipinski definition) is 33. The van der Waals surface area contributed by atoms with E-state index >= 15 is 0 Å². The van der Waals surface area contributed by atoms with Crippen molar-refractivity contribution in [2.75, 3.05) is 123 Å². The molecule has 11 atom stereocenters. The van der Waals surface area contributed by atoms with E-state index in [4.69, 9.17) is 123 Å². The summed E-state index contributed by atoms with van der Waals surface area (Å²) in [5.41, 5.74) is 23.0. The predicted molar refractivity (Wildman–Crippen MR) is 554 cm³/mol. The van der Waals surface area contributed by atoms with E-state index in [2.05, 4.69) is 66.9 Å². The number of hydrogen-bond donors (Lipinski definition) is 2. The molecule has 742 valence electrons. The fourth-order valence-corrected chi connectivity index (χ4v) is 28.3. The largest absolute Gasteiger partial charge is 0.478 e. The van der Waals surface area contributed by atoms with Gasteiger partial charge in [0.25, 0.3) is 0 Å². The van der Waals surface area contributed by atoms with Gasteiger partial charge < -0.3 is 81.8 Å². The van der Waals surface area contributed by atoms with Gasteiger partial charge in [-0.05, 0) is 228 Å². The first-order valence-corrected chi connectivity index (χ1v) is 54.5. The van der Waals surface area contributed by atoms with Crippen molar-refractivity contribution in [2.24, 2.45) is 11.8 Å². The van der Waals surface area contributed by atoms with Crippen LogP contribution in [-0.2, 0) is 65.3 Å². The Morgan fingerprint density at radius 2 is 0.718 bits per heavy atom. The number of rotatable bonds is 22. The molecule has 4 saturated carbocycles. The van der Waals surface area contributed by atoms with Crippen LogP contribution in [0.5, 0.6) is 0 Å². The second-order valence-corrected chi connectivity index (χ2v) is 46.7. The number of carbonyl (C=O) groups excluding carboxylic acids is 4. The number of carbonyl (C=O) groups is 5. The molecule has 7 saturated heterocycles. The number of carboxylic acid groups (broad SMARTS) is 1. The van der Waals surface area contributed by atoms with E-state index in [0.29, 0.717) is 176 Å². The van der Waals surface area contributed by atoms with Gasteiger partial charge in [0.1, 0.15) is 22.9 Å². The lowest BCUT2D eigenvalue weighted by atomic mass is 9.95. The molecule has 0 amide bonds. The lowest BCUT2D eigenvalue weighted by molar-refractivity contribution is 0.0122. The molecular formula is C102H98Br2Cl4N10O19S5. The first-order chi connectivity index (χ1) is 69.0. The van der Waals surface area contributed by atoms with Gasteiger partial charge in [-0.1, -0.05) is 103 Å². The molecule has 11 aliphatic rings. The van der Waals surface area contributed by atoms with Gasteiger partial charge in [-0.2, -0.15) is 0 Å². The fraction of sp³-hybridized carbons (Fsp3) is 0.431. The number of aromatic nitrogens is 7. The monoisotopic (exact) mass is 2220 g/mol. The molecule has 40 heteroatoms. The molecule has 4 aliphatic carbocycles. The molecule has 0 spiro atoms. The molecule has 14 heterocycles. The zero-order valence-corrected chi connectivity index (χ0v) is 87.8. The average molecular weight is 2230 g/mol. The summed E-state index contributed by atoms with van der Waals surface area (Å²) < 4.78 is 78.5. The Morgan fingerprint density at radius 3 is 1.02 bits per heavy atom. The van der Waals surface area contributed by atoms with Gasteiger partial charge in [-0.3, -0.25) is 0 Å². The number of benzene rings is 7. The highest BCUT2D eigenvalue weighted by atomic mass is 79.9. The molecule has 142 heavy (non-hydrogen) atoms. The molecule has 11 fully saturated rings. The van der Waals surface area contributed by atoms with Crippen LogP contribution >= 0.6 is 135 Å². The zero-order chi connectivity index (χ0) is 98.0. The first kappa shape index (κ1) is 99.0. The summed E-state index contributed by atoms with van der Waals surface area (Å²) in [5, 5.41) is 23.2. The second-order valence-electron chi connectivity index (χ2n) is 37.4. The number of thiazole rings is 5. The molecule has 25 rings (SSSR count). The Kier molecular flexibility index (Phi) is 29.9. The summed E-state index contributed by atoms with van der Waals surface area (Å²) in [6.07, 6.45) is 13.3. The lowest BCUT2D eigenvalue weighted by Gasteiger charge is -2.31. The number of methoxy groups -OCH3 is 4. The van der Waals surface area contributed by atoms with Crippen LogP contribution in [0.2, 0.25) is 20.1 Å². The van der Waals surface area contributed by atoms with Crippen LogP contribution in [0, 0.1) is 11.8 Å². The van der Waals surface area contributed by atoms with Gasteiger partial charge in [0.05, 0.1) is 186 Å². The third kappa shape index (κ3) is 20.6. The van der Waals surface area contributed by atoms with Crippen LogP contribution in [0.15, 0.2) is 114 Å². The van der Waals surface area contributed by atoms with Gasteiger partial charge >= 0.3 is 29.8 Å². The van der Waals surface area contributed by atoms with Crippen molar-refractivity contribution in [1.82, 2.24) is 35.2 Å². The predicted octanol–water partition coefficient (Wildman–Crippen LogP) is 24.0. The molecule has 29 nitrogen and oxygen atoms in total. The Balaban J connectivity index is 0.000000111. The highest BCUT2D eigenvalue weighted by Gasteiger charge is 2.50. The summed E-state index contributed by atoms with van der Waals surface area (Å²) in [4.78, 5) is 88.0. The highest BCUT2D eigenvalue weighted by Crippen LogP contribution is 2.54. The van der Waals surface area contributed by atoms with Crippen LogP contribution in [0.1, 0.15) is 227 Å². The Labute approximate surface area is 872 Å². The number of halogens is 6. The summed E-state index contributed by atoms with van der Waals surface area (Å²) in [5.74, 6) is 2.44. The summed E-state index contributed by atoms with van der Waals surface area (Å²) in [7, 11) is 5.60. The minimum atomic E-state index is -0.912. The molecule has 1 unspecified atom stereocenters. The maximum atomic E-state index is 12.5. The van der Waals surface area contributed by atoms with E-state index in [0.717, 1.165) is 243 Å². The molecule has 7 aromatic heterocycles. The molecule has 7 aromatic carbocycles. The van der Waals surface area contributed by atoms with Gasteiger partial charge in [-0.25, -0.2) is 48.9 Å². The van der Waals surface area contributed by atoms with E-state index < -0.39 is 5.97 Å². The van der Waals surface area contributed by atoms with Crippen molar-refractivity contribution < 1.29 is 90.2 Å². The number of carboxylic acids is 1. The van der Waals surface area contributed by atoms with Crippen molar-refractivity contribution >= 4 is 231 Å². The molecule has 0 radical (unpaired) electrons. The van der Waals surface area contributed by atoms with Gasteiger partial charge in [0.15, 0.2) is 23.2 Å². The van der Waals surface area contributed by atoms with Gasteiger partial charge in [0, 0.05) is 134 Å². The van der Waals surface area contributed by atoms with Crippen molar-refractivity contribution in [3.8, 4) is 22.5 Å². The highest BCUT2D eigenvalue weighted by molar-refractivity contribution is 9.11. The third-order valence-electron chi connectivity index (χ3n) is 28.6.